The molecule has 0 radical (unpaired) electrons. The van der Waals surface area contributed by atoms with Crippen LogP contribution in [0.2, 0.25) is 0 Å². The smallest absolute Gasteiger partial charge is 0.317 e. The van der Waals surface area contributed by atoms with E-state index in [0.717, 1.165) is 93.0 Å². The second-order valence-electron chi connectivity index (χ2n) is 9.88. The van der Waals surface area contributed by atoms with E-state index in [-0.39, 0.29) is 6.10 Å². The fourth-order valence-corrected chi connectivity index (χ4v) is 5.88. The number of likely N-dealkylation sites (N-methyl/N-ethyl adjacent to an activating group) is 1. The van der Waals surface area contributed by atoms with E-state index in [1.807, 2.05) is 24.7 Å². The van der Waals surface area contributed by atoms with Crippen LogP contribution in [0.1, 0.15) is 32.6 Å². The van der Waals surface area contributed by atoms with Crippen LogP contribution in [0.15, 0.2) is 30.9 Å². The molecule has 36 heavy (non-hydrogen) atoms. The predicted molar refractivity (Wildman–Crippen MR) is 139 cm³/mol. The Labute approximate surface area is 215 Å². The van der Waals surface area contributed by atoms with Crippen molar-refractivity contribution in [2.24, 2.45) is 5.41 Å². The number of hydrogen-bond donors (Lipinski definition) is 1. The van der Waals surface area contributed by atoms with Crippen LogP contribution in [0.4, 0.5) is 16.8 Å². The van der Waals surface area contributed by atoms with Crippen LogP contribution >= 0.6 is 11.3 Å². The molecule has 0 aromatic carbocycles. The quantitative estimate of drug-likeness (QED) is 0.509. The van der Waals surface area contributed by atoms with Gasteiger partial charge in [-0.3, -0.25) is 0 Å². The molecule has 3 aromatic rings. The third-order valence-corrected chi connectivity index (χ3v) is 8.45. The maximum Gasteiger partial charge on any atom is 0.317 e. The van der Waals surface area contributed by atoms with Crippen molar-refractivity contribution in [2.75, 3.05) is 56.2 Å². The van der Waals surface area contributed by atoms with Gasteiger partial charge in [0.15, 0.2) is 5.13 Å². The lowest BCUT2D eigenvalue weighted by Crippen LogP contribution is -2.46. The molecule has 0 atom stereocenters. The summed E-state index contributed by atoms with van der Waals surface area (Å²) in [5.41, 5.74) is 2.26. The average Bonchev–Trinajstić information content (AvgIpc) is 3.38. The Morgan fingerprint density at radius 2 is 1.83 bits per heavy atom. The van der Waals surface area contributed by atoms with Crippen molar-refractivity contribution in [3.05, 3.63) is 30.9 Å². The Kier molecular flexibility index (Phi) is 6.68. The summed E-state index contributed by atoms with van der Waals surface area (Å²) in [4.78, 5) is 28.2. The van der Waals surface area contributed by atoms with Gasteiger partial charge < -0.3 is 24.6 Å². The summed E-state index contributed by atoms with van der Waals surface area (Å²) in [6.07, 6.45) is 11.8. The van der Waals surface area contributed by atoms with Crippen molar-refractivity contribution in [2.45, 2.75) is 38.7 Å². The van der Waals surface area contributed by atoms with Gasteiger partial charge in [-0.2, -0.15) is 4.98 Å². The summed E-state index contributed by atoms with van der Waals surface area (Å²) in [5.74, 6) is 0.533. The number of thiazole rings is 1. The van der Waals surface area contributed by atoms with Crippen molar-refractivity contribution in [1.29, 1.82) is 0 Å². The standard InChI is InChI=1S/C25H32N8O2S/c1-2-32-9-11-33(12-10-32)18-13-27-22(28-14-18)31-24-29-15-21(36-24)20-5-8-26-23(30-20)35-19-3-6-25(7-4-19)16-34-17-25/h5,8,13-15,19H,2-4,6-7,9-12,16-17H2,1H3,(H,27,28,29,31). The van der Waals surface area contributed by atoms with Gasteiger partial charge in [0.1, 0.15) is 6.10 Å². The lowest BCUT2D eigenvalue weighted by atomic mass is 9.72. The number of hydrogen-bond acceptors (Lipinski definition) is 11. The molecule has 0 amide bonds. The van der Waals surface area contributed by atoms with Gasteiger partial charge in [-0.05, 0) is 38.3 Å². The number of anilines is 3. The normalized spacial score (nSPS) is 20.3. The Morgan fingerprint density at radius 1 is 1.06 bits per heavy atom. The zero-order valence-corrected chi connectivity index (χ0v) is 21.4. The first-order valence-electron chi connectivity index (χ1n) is 12.8. The van der Waals surface area contributed by atoms with E-state index in [9.17, 15) is 0 Å². The first-order chi connectivity index (χ1) is 17.7. The molecule has 1 aliphatic carbocycles. The molecule has 1 spiro atoms. The number of rotatable bonds is 7. The maximum absolute atomic E-state index is 6.13. The van der Waals surface area contributed by atoms with Gasteiger partial charge in [-0.15, -0.1) is 0 Å². The monoisotopic (exact) mass is 508 g/mol. The van der Waals surface area contributed by atoms with E-state index in [1.54, 1.807) is 6.20 Å². The van der Waals surface area contributed by atoms with Crippen LogP contribution in [0, 0.1) is 5.41 Å². The highest BCUT2D eigenvalue weighted by molar-refractivity contribution is 7.18. The number of nitrogens with zero attached hydrogens (tertiary/aromatic N) is 7. The molecule has 2 aliphatic heterocycles. The molecule has 3 aromatic heterocycles. The zero-order chi connectivity index (χ0) is 24.4. The molecule has 6 rings (SSSR count). The first kappa shape index (κ1) is 23.5. The highest BCUT2D eigenvalue weighted by Gasteiger charge is 2.42. The number of piperazine rings is 1. The minimum Gasteiger partial charge on any atom is -0.460 e. The minimum absolute atomic E-state index is 0.167. The van der Waals surface area contributed by atoms with Crippen LogP contribution in [-0.4, -0.2) is 81.9 Å². The second-order valence-corrected chi connectivity index (χ2v) is 10.9. The fourth-order valence-electron chi connectivity index (χ4n) is 5.10. The van der Waals surface area contributed by atoms with Crippen molar-refractivity contribution < 1.29 is 9.47 Å². The van der Waals surface area contributed by atoms with E-state index in [0.29, 0.717) is 17.4 Å². The van der Waals surface area contributed by atoms with E-state index >= 15 is 0 Å². The van der Waals surface area contributed by atoms with E-state index in [4.69, 9.17) is 9.47 Å². The minimum atomic E-state index is 0.167. The number of nitrogens with one attached hydrogen (secondary N) is 1. The second kappa shape index (κ2) is 10.2. The maximum atomic E-state index is 6.13. The van der Waals surface area contributed by atoms with Crippen molar-refractivity contribution in [3.63, 3.8) is 0 Å². The average molecular weight is 509 g/mol. The van der Waals surface area contributed by atoms with Gasteiger partial charge in [0, 0.05) is 44.0 Å². The Bertz CT molecular complexity index is 1150. The third kappa shape index (κ3) is 5.14. The van der Waals surface area contributed by atoms with Gasteiger partial charge in [0.25, 0.3) is 0 Å². The lowest BCUT2D eigenvalue weighted by molar-refractivity contribution is -0.140. The summed E-state index contributed by atoms with van der Waals surface area (Å²) in [5, 5.41) is 3.93. The van der Waals surface area contributed by atoms with Crippen molar-refractivity contribution in [1.82, 2.24) is 29.8 Å². The largest absolute Gasteiger partial charge is 0.460 e. The van der Waals surface area contributed by atoms with Crippen molar-refractivity contribution >= 4 is 28.1 Å². The Balaban J connectivity index is 1.05. The molecular weight excluding hydrogens is 476 g/mol. The van der Waals surface area contributed by atoms with E-state index < -0.39 is 0 Å². The van der Waals surface area contributed by atoms with Gasteiger partial charge in [-0.25, -0.2) is 19.9 Å². The molecule has 3 fully saturated rings. The van der Waals surface area contributed by atoms with Gasteiger partial charge in [0.2, 0.25) is 5.95 Å². The van der Waals surface area contributed by atoms with E-state index in [2.05, 4.69) is 47.0 Å². The topological polar surface area (TPSA) is 101 Å². The Hall–Kier alpha value is -2.89. The summed E-state index contributed by atoms with van der Waals surface area (Å²) >= 11 is 1.50. The van der Waals surface area contributed by atoms with Crippen molar-refractivity contribution in [3.8, 4) is 16.6 Å². The molecule has 5 heterocycles. The Morgan fingerprint density at radius 3 is 2.53 bits per heavy atom. The SMILES string of the molecule is CCN1CCN(c2cnc(Nc3ncc(-c4ccnc(OC5CCC6(CC5)COC6)n4)s3)nc2)CC1. The van der Waals surface area contributed by atoms with Crippen LogP contribution in [0.5, 0.6) is 6.01 Å². The molecule has 3 aliphatic rings. The van der Waals surface area contributed by atoms with Crippen LogP contribution in [0.3, 0.4) is 0 Å². The summed E-state index contributed by atoms with van der Waals surface area (Å²) in [6, 6.07) is 2.31. The van der Waals surface area contributed by atoms with Gasteiger partial charge >= 0.3 is 6.01 Å². The number of ether oxygens (including phenoxy) is 2. The summed E-state index contributed by atoms with van der Waals surface area (Å²) in [7, 11) is 0. The van der Waals surface area contributed by atoms with Crippen LogP contribution < -0.4 is 15.0 Å². The third-order valence-electron chi connectivity index (χ3n) is 7.52. The predicted octanol–water partition coefficient (Wildman–Crippen LogP) is 3.61. The molecule has 1 saturated carbocycles. The summed E-state index contributed by atoms with van der Waals surface area (Å²) in [6.45, 7) is 9.26. The fraction of sp³-hybridized carbons (Fsp3) is 0.560. The molecule has 10 nitrogen and oxygen atoms in total. The lowest BCUT2D eigenvalue weighted by Gasteiger charge is -2.45. The molecule has 11 heteroatoms. The number of aromatic nitrogens is 5. The highest BCUT2D eigenvalue weighted by atomic mass is 32.1. The van der Waals surface area contributed by atoms with Gasteiger partial charge in [0.05, 0.1) is 41.9 Å². The first-order valence-corrected chi connectivity index (χ1v) is 13.6. The molecule has 2 saturated heterocycles. The van der Waals surface area contributed by atoms with Crippen LogP contribution in [-0.2, 0) is 4.74 Å². The molecule has 0 unspecified atom stereocenters. The van der Waals surface area contributed by atoms with E-state index in [1.165, 1.54) is 11.3 Å². The van der Waals surface area contributed by atoms with Crippen LogP contribution in [0.25, 0.3) is 10.6 Å². The molecule has 190 valence electrons. The highest BCUT2D eigenvalue weighted by Crippen LogP contribution is 2.43. The summed E-state index contributed by atoms with van der Waals surface area (Å²) < 4.78 is 11.6. The zero-order valence-electron chi connectivity index (χ0n) is 20.6. The molecule has 0 bridgehead atoms. The molecular formula is C25H32N8O2S. The molecule has 1 N–H and O–H groups in total. The van der Waals surface area contributed by atoms with Gasteiger partial charge in [-0.1, -0.05) is 18.3 Å².